The second kappa shape index (κ2) is 6.95. The normalized spacial score (nSPS) is 13.3. The molecule has 4 heteroatoms. The molecule has 0 amide bonds. The first-order valence-corrected chi connectivity index (χ1v) is 8.67. The Morgan fingerprint density at radius 2 is 2.00 bits per heavy atom. The largest absolute Gasteiger partial charge is 0.325 e. The summed E-state index contributed by atoms with van der Waals surface area (Å²) in [6.45, 7) is 6.83. The molecule has 2 rings (SSSR count). The molecule has 1 unspecified atom stereocenters. The summed E-state index contributed by atoms with van der Waals surface area (Å²) < 4.78 is 3.49. The number of halogens is 2. The van der Waals surface area contributed by atoms with E-state index in [2.05, 4.69) is 53.4 Å². The van der Waals surface area contributed by atoms with Gasteiger partial charge in [-0.3, -0.25) is 0 Å². The van der Waals surface area contributed by atoms with Crippen LogP contribution in [0.1, 0.15) is 45.5 Å². The highest BCUT2D eigenvalue weighted by atomic mass is 79.9. The summed E-state index contributed by atoms with van der Waals surface area (Å²) in [5, 5.41) is 0. The summed E-state index contributed by atoms with van der Waals surface area (Å²) >= 11 is 9.52. The van der Waals surface area contributed by atoms with Crippen LogP contribution in [0.25, 0.3) is 11.0 Å². The van der Waals surface area contributed by atoms with Gasteiger partial charge in [0.05, 0.1) is 11.0 Å². The molecule has 0 radical (unpaired) electrons. The number of alkyl halides is 1. The van der Waals surface area contributed by atoms with Crippen LogP contribution in [0.4, 0.5) is 0 Å². The van der Waals surface area contributed by atoms with Gasteiger partial charge in [0.2, 0.25) is 0 Å². The van der Waals surface area contributed by atoms with Gasteiger partial charge < -0.3 is 4.57 Å². The topological polar surface area (TPSA) is 17.8 Å². The van der Waals surface area contributed by atoms with Crippen LogP contribution >= 0.6 is 27.5 Å². The summed E-state index contributed by atoms with van der Waals surface area (Å²) in [6.07, 6.45) is 3.19. The lowest BCUT2D eigenvalue weighted by molar-refractivity contribution is 0.333. The lowest BCUT2D eigenvalue weighted by Gasteiger charge is -2.25. The molecule has 1 heterocycles. The van der Waals surface area contributed by atoms with Gasteiger partial charge in [0.1, 0.15) is 5.82 Å². The van der Waals surface area contributed by atoms with Gasteiger partial charge in [-0.2, -0.15) is 0 Å². The van der Waals surface area contributed by atoms with Gasteiger partial charge in [0.25, 0.3) is 0 Å². The maximum absolute atomic E-state index is 5.96. The van der Waals surface area contributed by atoms with Crippen molar-refractivity contribution >= 4 is 38.6 Å². The van der Waals surface area contributed by atoms with Gasteiger partial charge in [-0.05, 0) is 31.0 Å². The summed E-state index contributed by atoms with van der Waals surface area (Å²) in [7, 11) is 0. The second-order valence-corrected chi connectivity index (χ2v) is 6.58. The van der Waals surface area contributed by atoms with Gasteiger partial charge in [0, 0.05) is 22.8 Å². The zero-order valence-corrected chi connectivity index (χ0v) is 14.7. The van der Waals surface area contributed by atoms with Crippen LogP contribution < -0.4 is 0 Å². The molecule has 0 saturated heterocycles. The monoisotopic (exact) mass is 356 g/mol. The second-order valence-electron chi connectivity index (χ2n) is 5.29. The highest BCUT2D eigenvalue weighted by molar-refractivity contribution is 9.10. The molecule has 2 nitrogen and oxygen atoms in total. The molecule has 0 fully saturated rings. The van der Waals surface area contributed by atoms with Crippen molar-refractivity contribution in [3.8, 4) is 0 Å². The van der Waals surface area contributed by atoms with Crippen molar-refractivity contribution in [2.24, 2.45) is 5.92 Å². The molecule has 0 aliphatic carbocycles. The van der Waals surface area contributed by atoms with Crippen molar-refractivity contribution in [2.45, 2.75) is 46.1 Å². The van der Waals surface area contributed by atoms with E-state index in [9.17, 15) is 0 Å². The number of fused-ring (bicyclic) bond motifs is 1. The Morgan fingerprint density at radius 3 is 2.60 bits per heavy atom. The third kappa shape index (κ3) is 3.04. The number of rotatable bonds is 6. The first kappa shape index (κ1) is 15.8. The Labute approximate surface area is 134 Å². The minimum atomic E-state index is 0.447. The van der Waals surface area contributed by atoms with Crippen LogP contribution in [0.2, 0.25) is 0 Å². The Balaban J connectivity index is 2.57. The highest BCUT2D eigenvalue weighted by Gasteiger charge is 2.21. The molecule has 0 bridgehead atoms. The fourth-order valence-electron chi connectivity index (χ4n) is 3.01. The molecule has 0 aliphatic rings. The molecule has 0 spiro atoms. The minimum absolute atomic E-state index is 0.447. The fraction of sp³-hybridized carbons (Fsp3) is 0.562. The number of hydrogen-bond donors (Lipinski definition) is 0. The van der Waals surface area contributed by atoms with Crippen LogP contribution in [-0.4, -0.2) is 15.4 Å². The van der Waals surface area contributed by atoms with E-state index in [4.69, 9.17) is 16.6 Å². The van der Waals surface area contributed by atoms with E-state index < -0.39 is 0 Å². The Morgan fingerprint density at radius 1 is 1.30 bits per heavy atom. The first-order valence-electron chi connectivity index (χ1n) is 7.34. The summed E-state index contributed by atoms with van der Waals surface area (Å²) in [5.41, 5.74) is 2.27. The van der Waals surface area contributed by atoms with Gasteiger partial charge in [-0.1, -0.05) is 42.6 Å². The lowest BCUT2D eigenvalue weighted by atomic mass is 9.95. The number of aryl methyl sites for hydroxylation is 1. The van der Waals surface area contributed by atoms with Gasteiger partial charge in [-0.25, -0.2) is 4.98 Å². The SMILES string of the molecule is CCC(CC)C(C)n1c(CCCl)nc2ccc(Br)cc21. The van der Waals surface area contributed by atoms with Crippen LogP contribution in [-0.2, 0) is 6.42 Å². The maximum Gasteiger partial charge on any atom is 0.111 e. The molecule has 2 aromatic rings. The van der Waals surface area contributed by atoms with Gasteiger partial charge >= 0.3 is 0 Å². The van der Waals surface area contributed by atoms with Crippen molar-refractivity contribution in [1.29, 1.82) is 0 Å². The highest BCUT2D eigenvalue weighted by Crippen LogP contribution is 2.31. The van der Waals surface area contributed by atoms with Crippen molar-refractivity contribution < 1.29 is 0 Å². The van der Waals surface area contributed by atoms with E-state index >= 15 is 0 Å². The number of hydrogen-bond acceptors (Lipinski definition) is 1. The third-order valence-corrected chi connectivity index (χ3v) is 4.86. The van der Waals surface area contributed by atoms with E-state index in [-0.39, 0.29) is 0 Å². The smallest absolute Gasteiger partial charge is 0.111 e. The van der Waals surface area contributed by atoms with Crippen molar-refractivity contribution in [3.63, 3.8) is 0 Å². The molecule has 1 aromatic carbocycles. The summed E-state index contributed by atoms with van der Waals surface area (Å²) in [4.78, 5) is 4.77. The minimum Gasteiger partial charge on any atom is -0.325 e. The van der Waals surface area contributed by atoms with E-state index in [1.165, 1.54) is 18.4 Å². The number of aromatic nitrogens is 2. The predicted octanol–water partition coefficient (Wildman–Crippen LogP) is 5.58. The van der Waals surface area contributed by atoms with E-state index in [1.54, 1.807) is 0 Å². The summed E-state index contributed by atoms with van der Waals surface area (Å²) in [5.74, 6) is 2.38. The van der Waals surface area contributed by atoms with Crippen molar-refractivity contribution in [3.05, 3.63) is 28.5 Å². The zero-order valence-electron chi connectivity index (χ0n) is 12.4. The average Bonchev–Trinajstić information content (AvgIpc) is 2.77. The summed E-state index contributed by atoms with van der Waals surface area (Å²) in [6, 6.07) is 6.74. The van der Waals surface area contributed by atoms with Crippen molar-refractivity contribution in [1.82, 2.24) is 9.55 Å². The van der Waals surface area contributed by atoms with E-state index in [0.29, 0.717) is 17.8 Å². The number of nitrogens with zero attached hydrogens (tertiary/aromatic N) is 2. The van der Waals surface area contributed by atoms with Crippen LogP contribution in [0.15, 0.2) is 22.7 Å². The molecule has 1 atom stereocenters. The molecule has 110 valence electrons. The molecular formula is C16H22BrClN2. The Hall–Kier alpha value is -0.540. The van der Waals surface area contributed by atoms with Crippen LogP contribution in [0.3, 0.4) is 0 Å². The van der Waals surface area contributed by atoms with Gasteiger partial charge in [-0.15, -0.1) is 11.6 Å². The molecule has 0 N–H and O–H groups in total. The maximum atomic E-state index is 5.96. The predicted molar refractivity (Wildman–Crippen MR) is 90.6 cm³/mol. The molecular weight excluding hydrogens is 336 g/mol. The van der Waals surface area contributed by atoms with Crippen molar-refractivity contribution in [2.75, 3.05) is 5.88 Å². The first-order chi connectivity index (χ1) is 9.62. The fourth-order valence-corrected chi connectivity index (χ4v) is 3.53. The quantitative estimate of drug-likeness (QED) is 0.617. The Kier molecular flexibility index (Phi) is 5.50. The molecule has 20 heavy (non-hydrogen) atoms. The molecule has 1 aromatic heterocycles. The average molecular weight is 358 g/mol. The van der Waals surface area contributed by atoms with Crippen LogP contribution in [0.5, 0.6) is 0 Å². The van der Waals surface area contributed by atoms with Gasteiger partial charge in [0.15, 0.2) is 0 Å². The molecule has 0 aliphatic heterocycles. The number of benzene rings is 1. The standard InChI is InChI=1S/C16H22BrClN2/c1-4-12(5-2)11(3)20-15-10-13(17)6-7-14(15)19-16(20)8-9-18/h6-7,10-12H,4-5,8-9H2,1-3H3. The Bertz CT molecular complexity index is 575. The van der Waals surface area contributed by atoms with Crippen LogP contribution in [0, 0.1) is 5.92 Å². The third-order valence-electron chi connectivity index (χ3n) is 4.18. The van der Waals surface area contributed by atoms with E-state index in [1.807, 2.05) is 6.07 Å². The lowest BCUT2D eigenvalue weighted by Crippen LogP contribution is -2.18. The molecule has 0 saturated carbocycles. The van der Waals surface area contributed by atoms with E-state index in [0.717, 1.165) is 22.2 Å². The zero-order chi connectivity index (χ0) is 14.7. The number of imidazole rings is 1.